The van der Waals surface area contributed by atoms with E-state index in [1.165, 1.54) is 47.2 Å². The molecule has 8 nitrogen and oxygen atoms in total. The highest BCUT2D eigenvalue weighted by molar-refractivity contribution is 5.73. The van der Waals surface area contributed by atoms with Crippen molar-refractivity contribution in [2.75, 3.05) is 0 Å². The molecule has 252 valence electrons. The molecule has 8 heteroatoms. The minimum atomic E-state index is -0.0309. The Balaban J connectivity index is 0.000000188. The first kappa shape index (κ1) is 34.4. The van der Waals surface area contributed by atoms with E-state index >= 15 is 0 Å². The third-order valence-electron chi connectivity index (χ3n) is 8.92. The van der Waals surface area contributed by atoms with Crippen molar-refractivity contribution in [1.82, 2.24) is 10.6 Å². The Labute approximate surface area is 283 Å². The van der Waals surface area contributed by atoms with Gasteiger partial charge in [0, 0.05) is 26.7 Å². The summed E-state index contributed by atoms with van der Waals surface area (Å²) in [6.07, 6.45) is 5.34. The Kier molecular flexibility index (Phi) is 11.3. The first-order valence-electron chi connectivity index (χ1n) is 16.7. The minimum Gasteiger partial charge on any atom is -0.508 e. The summed E-state index contributed by atoms with van der Waals surface area (Å²) in [5.41, 5.74) is 7.26. The molecule has 2 aliphatic rings. The Bertz CT molecular complexity index is 1580. The smallest absolute Gasteiger partial charge is 0.217 e. The highest BCUT2D eigenvalue weighted by Crippen LogP contribution is 2.33. The molecule has 4 atom stereocenters. The quantitative estimate of drug-likeness (QED) is 0.167. The van der Waals surface area contributed by atoms with Crippen LogP contribution >= 0.6 is 0 Å². The molecule has 0 saturated carbocycles. The van der Waals surface area contributed by atoms with E-state index in [0.29, 0.717) is 11.5 Å². The lowest BCUT2D eigenvalue weighted by Gasteiger charge is -2.19. The maximum Gasteiger partial charge on any atom is 0.217 e. The molecule has 4 N–H and O–H groups in total. The van der Waals surface area contributed by atoms with Crippen molar-refractivity contribution in [2.24, 2.45) is 0 Å². The molecule has 0 aliphatic carbocycles. The van der Waals surface area contributed by atoms with Gasteiger partial charge in [-0.2, -0.15) is 0 Å². The van der Waals surface area contributed by atoms with Gasteiger partial charge in [0.2, 0.25) is 11.8 Å². The molecule has 6 rings (SSSR count). The summed E-state index contributed by atoms with van der Waals surface area (Å²) in [5, 5.41) is 24.5. The van der Waals surface area contributed by atoms with Crippen LogP contribution < -0.4 is 20.1 Å². The van der Waals surface area contributed by atoms with Crippen molar-refractivity contribution in [3.05, 3.63) is 118 Å². The van der Waals surface area contributed by atoms with Crippen molar-refractivity contribution in [3.8, 4) is 23.0 Å². The fraction of sp³-hybridized carbons (Fsp3) is 0.350. The molecule has 2 aliphatic heterocycles. The largest absolute Gasteiger partial charge is 0.508 e. The Morgan fingerprint density at radius 2 is 0.938 bits per heavy atom. The zero-order valence-electron chi connectivity index (χ0n) is 28.2. The second-order valence-corrected chi connectivity index (χ2v) is 12.9. The van der Waals surface area contributed by atoms with Crippen LogP contribution in [0.5, 0.6) is 23.0 Å². The van der Waals surface area contributed by atoms with Crippen LogP contribution in [0.2, 0.25) is 0 Å². The van der Waals surface area contributed by atoms with Gasteiger partial charge in [0.1, 0.15) is 35.2 Å². The van der Waals surface area contributed by atoms with Crippen LogP contribution in [0.1, 0.15) is 61.1 Å². The van der Waals surface area contributed by atoms with Crippen LogP contribution in [0, 0.1) is 0 Å². The van der Waals surface area contributed by atoms with Crippen LogP contribution in [0.4, 0.5) is 0 Å². The molecule has 48 heavy (non-hydrogen) atoms. The Morgan fingerprint density at radius 1 is 0.604 bits per heavy atom. The minimum absolute atomic E-state index is 0.00347. The van der Waals surface area contributed by atoms with E-state index in [-0.39, 0.29) is 36.1 Å². The van der Waals surface area contributed by atoms with E-state index in [1.54, 1.807) is 24.3 Å². The molecular formula is C40H46N2O6. The molecule has 0 saturated heterocycles. The highest BCUT2D eigenvalue weighted by Gasteiger charge is 2.29. The number of carbonyl (C=O) groups excluding carboxylic acids is 2. The lowest BCUT2D eigenvalue weighted by Crippen LogP contribution is -2.42. The number of amides is 2. The number of fused-ring (bicyclic) bond motifs is 2. The second kappa shape index (κ2) is 15.7. The fourth-order valence-electron chi connectivity index (χ4n) is 6.20. The maximum atomic E-state index is 11.2. The summed E-state index contributed by atoms with van der Waals surface area (Å²) in [7, 11) is 0. The van der Waals surface area contributed by atoms with E-state index in [2.05, 4.69) is 47.0 Å². The second-order valence-electron chi connectivity index (χ2n) is 12.9. The van der Waals surface area contributed by atoms with E-state index < -0.39 is 0 Å². The van der Waals surface area contributed by atoms with Gasteiger partial charge in [-0.15, -0.1) is 0 Å². The predicted molar refractivity (Wildman–Crippen MR) is 187 cm³/mol. The summed E-state index contributed by atoms with van der Waals surface area (Å²) in [5.74, 6) is 2.39. The van der Waals surface area contributed by atoms with Crippen LogP contribution in [-0.2, 0) is 48.1 Å². The van der Waals surface area contributed by atoms with Crippen LogP contribution in [-0.4, -0.2) is 46.3 Å². The summed E-state index contributed by atoms with van der Waals surface area (Å²) in [6.45, 7) is 7.01. The van der Waals surface area contributed by atoms with Gasteiger partial charge in [-0.1, -0.05) is 48.5 Å². The number of benzene rings is 4. The van der Waals surface area contributed by atoms with Gasteiger partial charge in [-0.25, -0.2) is 0 Å². The molecule has 0 aromatic heterocycles. The average molecular weight is 651 g/mol. The number of ether oxygens (including phenoxy) is 2. The predicted octanol–water partition coefficient (Wildman–Crippen LogP) is 6.01. The topological polar surface area (TPSA) is 117 Å². The summed E-state index contributed by atoms with van der Waals surface area (Å²) in [4.78, 5) is 22.4. The van der Waals surface area contributed by atoms with E-state index in [0.717, 1.165) is 50.0 Å². The molecule has 4 aromatic rings. The molecule has 4 aromatic carbocycles. The SMILES string of the molecule is CC(=O)N[C@@H](C)[C@@H]1Cc2ccc(CCc3ccc(O)cc3)cc2O1.CC(=O)N[C@H](C)[C@H]1Cc2ccc(CCc3ccc(O)cc3)cc2O1. The number of carbonyl (C=O) groups is 2. The first-order chi connectivity index (χ1) is 23.0. The fourth-order valence-corrected chi connectivity index (χ4v) is 6.20. The number of nitrogens with one attached hydrogen (secondary N) is 2. The molecule has 2 amide bonds. The van der Waals surface area contributed by atoms with Gasteiger partial charge < -0.3 is 30.3 Å². The van der Waals surface area contributed by atoms with E-state index in [4.69, 9.17) is 9.47 Å². The van der Waals surface area contributed by atoms with Crippen LogP contribution in [0.25, 0.3) is 0 Å². The molecule has 0 radical (unpaired) electrons. The van der Waals surface area contributed by atoms with Gasteiger partial charge in [-0.3, -0.25) is 9.59 Å². The van der Waals surface area contributed by atoms with Crippen LogP contribution in [0.15, 0.2) is 84.9 Å². The lowest BCUT2D eigenvalue weighted by molar-refractivity contribution is -0.121. The lowest BCUT2D eigenvalue weighted by atomic mass is 10.0. The summed E-state index contributed by atoms with van der Waals surface area (Å²) in [6, 6.07) is 27.4. The Morgan fingerprint density at radius 3 is 1.29 bits per heavy atom. The third kappa shape index (κ3) is 9.53. The number of aromatic hydroxyl groups is 2. The molecule has 0 bridgehead atoms. The zero-order chi connectivity index (χ0) is 34.2. The number of phenols is 2. The van der Waals surface area contributed by atoms with Gasteiger partial charge >= 0.3 is 0 Å². The van der Waals surface area contributed by atoms with Crippen LogP contribution in [0.3, 0.4) is 0 Å². The zero-order valence-corrected chi connectivity index (χ0v) is 28.2. The van der Waals surface area contributed by atoms with Gasteiger partial charge in [0.05, 0.1) is 12.1 Å². The van der Waals surface area contributed by atoms with Crippen molar-refractivity contribution < 1.29 is 29.3 Å². The maximum absolute atomic E-state index is 11.2. The number of phenolic OH excluding ortho intramolecular Hbond substituents is 2. The summed E-state index contributed by atoms with van der Waals surface area (Å²) < 4.78 is 12.1. The van der Waals surface area contributed by atoms with Crippen molar-refractivity contribution in [1.29, 1.82) is 0 Å². The highest BCUT2D eigenvalue weighted by atomic mass is 16.5. The molecule has 2 heterocycles. The standard InChI is InChI=1S/2C20H23NO3/c2*1-13(21-14(2)22)19-12-17-8-5-16(11-20(17)24-19)4-3-15-6-9-18(23)10-7-15/h2*5-11,13,19,23H,3-4,12H2,1-2H3,(H,21,22)/t2*13-,19-/m10/s1. The van der Waals surface area contributed by atoms with Crippen molar-refractivity contribution >= 4 is 11.8 Å². The molecule has 0 spiro atoms. The number of hydrogen-bond donors (Lipinski definition) is 4. The third-order valence-corrected chi connectivity index (χ3v) is 8.92. The first-order valence-corrected chi connectivity index (χ1v) is 16.7. The van der Waals surface area contributed by atoms with Crippen molar-refractivity contribution in [2.45, 2.75) is 90.5 Å². The van der Waals surface area contributed by atoms with Gasteiger partial charge in [-0.05, 0) is 109 Å². The average Bonchev–Trinajstić information content (AvgIpc) is 3.68. The van der Waals surface area contributed by atoms with Gasteiger partial charge in [0.15, 0.2) is 0 Å². The Hall–Kier alpha value is -4.98. The molecule has 0 unspecified atom stereocenters. The van der Waals surface area contributed by atoms with E-state index in [1.807, 2.05) is 38.1 Å². The number of rotatable bonds is 10. The number of aryl methyl sites for hydroxylation is 4. The summed E-state index contributed by atoms with van der Waals surface area (Å²) >= 11 is 0. The van der Waals surface area contributed by atoms with E-state index in [9.17, 15) is 19.8 Å². The van der Waals surface area contributed by atoms with Crippen molar-refractivity contribution in [3.63, 3.8) is 0 Å². The monoisotopic (exact) mass is 650 g/mol. The normalized spacial score (nSPS) is 17.0. The molecule has 0 fully saturated rings. The molecular weight excluding hydrogens is 604 g/mol. The number of hydrogen-bond acceptors (Lipinski definition) is 6. The van der Waals surface area contributed by atoms with Gasteiger partial charge in [0.25, 0.3) is 0 Å².